The summed E-state index contributed by atoms with van der Waals surface area (Å²) in [4.78, 5) is 27.6. The molecule has 1 atom stereocenters. The molecule has 1 aromatic heterocycles. The van der Waals surface area contributed by atoms with Crippen molar-refractivity contribution in [2.45, 2.75) is 53.2 Å². The number of rotatable bonds is 11. The third-order valence-corrected chi connectivity index (χ3v) is 5.38. The molecular formula is C26H33NO7. The van der Waals surface area contributed by atoms with E-state index in [-0.39, 0.29) is 24.0 Å². The van der Waals surface area contributed by atoms with E-state index >= 15 is 0 Å². The lowest BCUT2D eigenvalue weighted by molar-refractivity contribution is -0.140. The molecule has 1 aromatic carbocycles. The molecule has 3 rings (SSSR count). The summed E-state index contributed by atoms with van der Waals surface area (Å²) in [5, 5.41) is 11.3. The van der Waals surface area contributed by atoms with Crippen LogP contribution < -0.4 is 9.47 Å². The number of Topliss-reactive ketones (excluding diaryl/α,β-unsaturated/α-hetero) is 1. The summed E-state index contributed by atoms with van der Waals surface area (Å²) in [6.07, 6.45) is 0.602. The molecule has 0 spiro atoms. The van der Waals surface area contributed by atoms with Crippen molar-refractivity contribution in [1.82, 2.24) is 4.90 Å². The van der Waals surface area contributed by atoms with Gasteiger partial charge in [-0.25, -0.2) is 0 Å². The number of furan rings is 1. The second-order valence-corrected chi connectivity index (χ2v) is 8.24. The maximum Gasteiger partial charge on any atom is 0.295 e. The average Bonchev–Trinajstić information content (AvgIpc) is 3.32. The lowest BCUT2D eigenvalue weighted by Crippen LogP contribution is -2.31. The standard InChI is InChI=1S/C26H33NO7/c1-6-31-18-10-11-19(21(15-18)32-7-2)24(28)22-23(20-12-9-17(5)34-20)27(26(30)25(22)29)13-8-14-33-16(3)4/h9-12,15-16,23,28H,6-8,13-14H2,1-5H3/b24-22-. The molecule has 8 nitrogen and oxygen atoms in total. The van der Waals surface area contributed by atoms with Crippen LogP contribution in [0.15, 0.2) is 40.3 Å². The van der Waals surface area contributed by atoms with Gasteiger partial charge in [-0.1, -0.05) is 0 Å². The highest BCUT2D eigenvalue weighted by molar-refractivity contribution is 6.46. The molecule has 0 bridgehead atoms. The molecule has 1 N–H and O–H groups in total. The smallest absolute Gasteiger partial charge is 0.295 e. The summed E-state index contributed by atoms with van der Waals surface area (Å²) >= 11 is 0. The SMILES string of the molecule is CCOc1ccc(/C(O)=C2/C(=O)C(=O)N(CCCOC(C)C)C2c2ccc(C)o2)c(OCC)c1. The molecule has 0 aliphatic carbocycles. The van der Waals surface area contributed by atoms with Crippen molar-refractivity contribution in [3.05, 3.63) is 53.0 Å². The number of ketones is 1. The van der Waals surface area contributed by atoms with Gasteiger partial charge in [0.15, 0.2) is 0 Å². The fourth-order valence-electron chi connectivity index (χ4n) is 3.94. The summed E-state index contributed by atoms with van der Waals surface area (Å²) in [6.45, 7) is 10.9. The van der Waals surface area contributed by atoms with Crippen LogP contribution in [-0.4, -0.2) is 54.2 Å². The van der Waals surface area contributed by atoms with Crippen molar-refractivity contribution in [2.24, 2.45) is 0 Å². The molecule has 2 heterocycles. The average molecular weight is 472 g/mol. The van der Waals surface area contributed by atoms with Crippen molar-refractivity contribution < 1.29 is 33.3 Å². The van der Waals surface area contributed by atoms with E-state index in [0.717, 1.165) is 0 Å². The quantitative estimate of drug-likeness (QED) is 0.221. The van der Waals surface area contributed by atoms with Crippen LogP contribution in [0.1, 0.15) is 57.2 Å². The molecule has 184 valence electrons. The van der Waals surface area contributed by atoms with E-state index in [1.807, 2.05) is 27.7 Å². The summed E-state index contributed by atoms with van der Waals surface area (Å²) in [5.74, 6) is 0.214. The lowest BCUT2D eigenvalue weighted by Gasteiger charge is -2.23. The Bertz CT molecular complexity index is 1050. The fraction of sp³-hybridized carbons (Fsp3) is 0.462. The number of amides is 1. The number of likely N-dealkylation sites (tertiary alicyclic amines) is 1. The van der Waals surface area contributed by atoms with Gasteiger partial charge in [-0.2, -0.15) is 0 Å². The molecule has 0 radical (unpaired) electrons. The van der Waals surface area contributed by atoms with Crippen molar-refractivity contribution >= 4 is 17.4 Å². The van der Waals surface area contributed by atoms with Crippen molar-refractivity contribution in [3.8, 4) is 11.5 Å². The van der Waals surface area contributed by atoms with Crippen LogP contribution >= 0.6 is 0 Å². The minimum Gasteiger partial charge on any atom is -0.507 e. The number of hydrogen-bond donors (Lipinski definition) is 1. The topological polar surface area (TPSA) is 98.4 Å². The van der Waals surface area contributed by atoms with Crippen LogP contribution in [0.25, 0.3) is 5.76 Å². The lowest BCUT2D eigenvalue weighted by atomic mass is 9.98. The third kappa shape index (κ3) is 5.44. The molecule has 1 fully saturated rings. The Kier molecular flexibility index (Phi) is 8.39. The summed E-state index contributed by atoms with van der Waals surface area (Å²) in [5.41, 5.74) is 0.272. The normalized spacial score (nSPS) is 17.6. The van der Waals surface area contributed by atoms with Crippen molar-refractivity contribution in [3.63, 3.8) is 0 Å². The molecule has 2 aromatic rings. The highest BCUT2D eigenvalue weighted by Crippen LogP contribution is 2.42. The first-order chi connectivity index (χ1) is 16.3. The van der Waals surface area contributed by atoms with E-state index in [1.54, 1.807) is 37.3 Å². The van der Waals surface area contributed by atoms with Gasteiger partial charge in [0.05, 0.1) is 30.5 Å². The van der Waals surface area contributed by atoms with Gasteiger partial charge in [0.1, 0.15) is 34.8 Å². The summed E-state index contributed by atoms with van der Waals surface area (Å²) in [6, 6.07) is 7.60. The predicted octanol–water partition coefficient (Wildman–Crippen LogP) is 4.62. The summed E-state index contributed by atoms with van der Waals surface area (Å²) in [7, 11) is 0. The largest absolute Gasteiger partial charge is 0.507 e. The maximum absolute atomic E-state index is 13.2. The Balaban J connectivity index is 2.06. The van der Waals surface area contributed by atoms with Gasteiger partial charge in [0.25, 0.3) is 11.7 Å². The zero-order chi connectivity index (χ0) is 24.8. The number of aryl methyl sites for hydroxylation is 1. The van der Waals surface area contributed by atoms with Crippen LogP contribution in [0, 0.1) is 6.92 Å². The first kappa shape index (κ1) is 25.4. The highest BCUT2D eigenvalue weighted by atomic mass is 16.5. The zero-order valence-corrected chi connectivity index (χ0v) is 20.4. The van der Waals surface area contributed by atoms with Gasteiger partial charge >= 0.3 is 0 Å². The van der Waals surface area contributed by atoms with Crippen LogP contribution in [0.4, 0.5) is 0 Å². The Morgan fingerprint density at radius 3 is 2.47 bits per heavy atom. The molecular weight excluding hydrogens is 438 g/mol. The van der Waals surface area contributed by atoms with Gasteiger partial charge in [0.2, 0.25) is 0 Å². The molecule has 1 aliphatic heterocycles. The molecule has 1 aliphatic rings. The first-order valence-corrected chi connectivity index (χ1v) is 11.6. The minimum absolute atomic E-state index is 0.0331. The van der Waals surface area contributed by atoms with E-state index < -0.39 is 17.7 Å². The van der Waals surface area contributed by atoms with Crippen molar-refractivity contribution in [1.29, 1.82) is 0 Å². The summed E-state index contributed by atoms with van der Waals surface area (Å²) < 4.78 is 22.7. The van der Waals surface area contributed by atoms with E-state index in [4.69, 9.17) is 18.6 Å². The Morgan fingerprint density at radius 1 is 1.12 bits per heavy atom. The predicted molar refractivity (Wildman–Crippen MR) is 127 cm³/mol. The Hall–Kier alpha value is -3.26. The number of carbonyl (C=O) groups is 2. The van der Waals surface area contributed by atoms with Crippen molar-refractivity contribution in [2.75, 3.05) is 26.4 Å². The van der Waals surface area contributed by atoms with E-state index in [2.05, 4.69) is 0 Å². The Labute approximate surface area is 200 Å². The van der Waals surface area contributed by atoms with Crippen LogP contribution in [0.3, 0.4) is 0 Å². The van der Waals surface area contributed by atoms with E-state index in [1.165, 1.54) is 4.90 Å². The fourth-order valence-corrected chi connectivity index (χ4v) is 3.94. The molecule has 1 saturated heterocycles. The number of carbonyl (C=O) groups excluding carboxylic acids is 2. The second kappa shape index (κ2) is 11.2. The molecule has 1 unspecified atom stereocenters. The Morgan fingerprint density at radius 2 is 1.85 bits per heavy atom. The molecule has 34 heavy (non-hydrogen) atoms. The highest BCUT2D eigenvalue weighted by Gasteiger charge is 2.47. The molecule has 1 amide bonds. The van der Waals surface area contributed by atoms with E-state index in [9.17, 15) is 14.7 Å². The molecule has 0 saturated carbocycles. The third-order valence-electron chi connectivity index (χ3n) is 5.38. The maximum atomic E-state index is 13.2. The van der Waals surface area contributed by atoms with Gasteiger partial charge in [-0.05, 0) is 65.3 Å². The van der Waals surface area contributed by atoms with Gasteiger partial charge in [-0.3, -0.25) is 9.59 Å². The molecule has 8 heteroatoms. The monoisotopic (exact) mass is 471 g/mol. The van der Waals surface area contributed by atoms with Crippen LogP contribution in [-0.2, 0) is 14.3 Å². The number of benzene rings is 1. The van der Waals surface area contributed by atoms with Gasteiger partial charge in [-0.15, -0.1) is 0 Å². The zero-order valence-electron chi connectivity index (χ0n) is 20.4. The number of ether oxygens (including phenoxy) is 3. The van der Waals surface area contributed by atoms with E-state index in [0.29, 0.717) is 54.8 Å². The number of aliphatic hydroxyl groups excluding tert-OH is 1. The number of hydrogen-bond acceptors (Lipinski definition) is 7. The van der Waals surface area contributed by atoms with Crippen LogP contribution in [0.2, 0.25) is 0 Å². The second-order valence-electron chi connectivity index (χ2n) is 8.24. The van der Waals surface area contributed by atoms with Crippen LogP contribution in [0.5, 0.6) is 11.5 Å². The van der Waals surface area contributed by atoms with Gasteiger partial charge in [0, 0.05) is 19.2 Å². The number of nitrogens with zero attached hydrogens (tertiary/aromatic N) is 1. The van der Waals surface area contributed by atoms with Gasteiger partial charge < -0.3 is 28.6 Å². The number of aliphatic hydroxyl groups is 1. The first-order valence-electron chi connectivity index (χ1n) is 11.6. The minimum atomic E-state index is -0.853.